The van der Waals surface area contributed by atoms with Crippen LogP contribution in [0.1, 0.15) is 25.5 Å². The topological polar surface area (TPSA) is 92.9 Å². The maximum atomic E-state index is 13.8. The molecule has 0 spiro atoms. The van der Waals surface area contributed by atoms with Gasteiger partial charge >= 0.3 is 5.69 Å². The van der Waals surface area contributed by atoms with Crippen LogP contribution in [0.2, 0.25) is 0 Å². The molecule has 5 aromatic rings. The summed E-state index contributed by atoms with van der Waals surface area (Å²) in [6.45, 7) is 5.08. The third kappa shape index (κ3) is 3.51. The summed E-state index contributed by atoms with van der Waals surface area (Å²) in [5.74, 6) is 0.377. The number of nitrogens with zero attached hydrogens (tertiary/aromatic N) is 5. The molecule has 0 amide bonds. The number of H-pyrrole nitrogens is 1. The van der Waals surface area contributed by atoms with Crippen molar-refractivity contribution in [2.45, 2.75) is 26.3 Å². The third-order valence-electron chi connectivity index (χ3n) is 5.42. The van der Waals surface area contributed by atoms with Gasteiger partial charge in [-0.15, -0.1) is 0 Å². The van der Waals surface area contributed by atoms with E-state index in [4.69, 9.17) is 4.98 Å². The van der Waals surface area contributed by atoms with Gasteiger partial charge in [0.2, 0.25) is 0 Å². The second-order valence-corrected chi connectivity index (χ2v) is 7.92. The smallest absolute Gasteiger partial charge is 0.326 e. The van der Waals surface area contributed by atoms with E-state index in [0.29, 0.717) is 35.8 Å². The number of rotatable bonds is 6. The first-order chi connectivity index (χ1) is 15.5. The lowest BCUT2D eigenvalue weighted by molar-refractivity contribution is 0.622. The van der Waals surface area contributed by atoms with Gasteiger partial charge in [0.1, 0.15) is 5.82 Å². The first kappa shape index (κ1) is 19.9. The van der Waals surface area contributed by atoms with Gasteiger partial charge < -0.3 is 10.3 Å². The molecule has 1 aromatic carbocycles. The van der Waals surface area contributed by atoms with E-state index in [0.717, 1.165) is 22.9 Å². The van der Waals surface area contributed by atoms with Crippen LogP contribution in [0.25, 0.3) is 27.9 Å². The number of hydrogen-bond acceptors (Lipinski definition) is 5. The summed E-state index contributed by atoms with van der Waals surface area (Å²) in [4.78, 5) is 28.4. The van der Waals surface area contributed by atoms with Gasteiger partial charge in [-0.3, -0.25) is 14.0 Å². The molecular formula is C23H22FN7O. The minimum absolute atomic E-state index is 0.159. The van der Waals surface area contributed by atoms with E-state index in [2.05, 4.69) is 34.1 Å². The molecule has 32 heavy (non-hydrogen) atoms. The van der Waals surface area contributed by atoms with Crippen molar-refractivity contribution in [1.29, 1.82) is 0 Å². The Morgan fingerprint density at radius 3 is 2.84 bits per heavy atom. The summed E-state index contributed by atoms with van der Waals surface area (Å²) in [5, 5.41) is 3.31. The van der Waals surface area contributed by atoms with Crippen molar-refractivity contribution in [2.75, 3.05) is 11.9 Å². The molecular weight excluding hydrogens is 409 g/mol. The van der Waals surface area contributed by atoms with Gasteiger partial charge in [0.25, 0.3) is 0 Å². The van der Waals surface area contributed by atoms with Crippen LogP contribution in [-0.4, -0.2) is 35.4 Å². The number of para-hydroxylation sites is 2. The number of imidazole rings is 2. The third-order valence-corrected chi connectivity index (χ3v) is 5.42. The Hall–Kier alpha value is -4.01. The number of benzene rings is 1. The van der Waals surface area contributed by atoms with Crippen molar-refractivity contribution < 1.29 is 4.39 Å². The van der Waals surface area contributed by atoms with Crippen LogP contribution in [0.4, 0.5) is 10.2 Å². The fraction of sp³-hybridized carbons (Fsp3) is 0.217. The van der Waals surface area contributed by atoms with Crippen molar-refractivity contribution in [1.82, 2.24) is 28.9 Å². The monoisotopic (exact) mass is 431 g/mol. The second kappa shape index (κ2) is 7.92. The average Bonchev–Trinajstić information content (AvgIpc) is 3.35. The fourth-order valence-electron chi connectivity index (χ4n) is 3.86. The number of aromatic nitrogens is 6. The zero-order valence-corrected chi connectivity index (χ0v) is 17.7. The van der Waals surface area contributed by atoms with Gasteiger partial charge in [0.05, 0.1) is 22.9 Å². The molecule has 4 aromatic heterocycles. The van der Waals surface area contributed by atoms with Crippen LogP contribution >= 0.6 is 0 Å². The number of halogens is 1. The zero-order valence-electron chi connectivity index (χ0n) is 17.7. The molecule has 5 rings (SSSR count). The Labute approximate surface area is 182 Å². The summed E-state index contributed by atoms with van der Waals surface area (Å²) < 4.78 is 17.4. The predicted octanol–water partition coefficient (Wildman–Crippen LogP) is 3.81. The highest BCUT2D eigenvalue weighted by Crippen LogP contribution is 2.26. The highest BCUT2D eigenvalue weighted by Gasteiger charge is 2.15. The molecule has 0 fully saturated rings. The Morgan fingerprint density at radius 2 is 2.03 bits per heavy atom. The average molecular weight is 431 g/mol. The Kier molecular flexibility index (Phi) is 4.93. The van der Waals surface area contributed by atoms with Crippen LogP contribution in [-0.2, 0) is 6.54 Å². The van der Waals surface area contributed by atoms with Gasteiger partial charge in [0.15, 0.2) is 11.5 Å². The lowest BCUT2D eigenvalue weighted by atomic mass is 10.1. The van der Waals surface area contributed by atoms with Gasteiger partial charge in [-0.25, -0.2) is 19.2 Å². The highest BCUT2D eigenvalue weighted by molar-refractivity contribution is 5.75. The molecule has 9 heteroatoms. The SMILES string of the molecule is CC(C)c1cnc2c(NCCn3c(=O)[nH]c4ccccc43)nc(-c3cncc(F)c3)cn12. The van der Waals surface area contributed by atoms with Crippen LogP contribution in [0.3, 0.4) is 0 Å². The molecule has 8 nitrogen and oxygen atoms in total. The standard InChI is InChI=1S/C23H22FN7O/c1-14(2)20-12-27-22-21(28-18(13-31(20)22)15-9-16(24)11-25-10-15)26-7-8-30-19-6-4-3-5-17(19)29-23(30)32/h3-6,9-14H,7-8H2,1-2H3,(H,26,28)(H,29,32). The van der Waals surface area contributed by atoms with Gasteiger partial charge in [-0.05, 0) is 24.1 Å². The van der Waals surface area contributed by atoms with Crippen LogP contribution < -0.4 is 11.0 Å². The lowest BCUT2D eigenvalue weighted by Crippen LogP contribution is -2.21. The summed E-state index contributed by atoms with van der Waals surface area (Å²) in [6.07, 6.45) is 6.42. The molecule has 0 saturated carbocycles. The summed E-state index contributed by atoms with van der Waals surface area (Å²) in [7, 11) is 0. The molecule has 0 saturated heterocycles. The molecule has 0 radical (unpaired) electrons. The van der Waals surface area contributed by atoms with Crippen LogP contribution in [0.15, 0.2) is 59.9 Å². The molecule has 0 aliphatic carbocycles. The Morgan fingerprint density at radius 1 is 1.19 bits per heavy atom. The summed E-state index contributed by atoms with van der Waals surface area (Å²) in [5.41, 5.74) is 4.33. The molecule has 0 atom stereocenters. The van der Waals surface area contributed by atoms with Gasteiger partial charge in [0, 0.05) is 42.9 Å². The Balaban J connectivity index is 1.51. The largest absolute Gasteiger partial charge is 0.365 e. The summed E-state index contributed by atoms with van der Waals surface area (Å²) >= 11 is 0. The minimum atomic E-state index is -0.424. The maximum Gasteiger partial charge on any atom is 0.326 e. The molecule has 0 bridgehead atoms. The molecule has 4 heterocycles. The van der Waals surface area contributed by atoms with E-state index in [9.17, 15) is 9.18 Å². The molecule has 0 aliphatic heterocycles. The quantitative estimate of drug-likeness (QED) is 0.427. The van der Waals surface area contributed by atoms with Crippen molar-refractivity contribution in [2.24, 2.45) is 0 Å². The van der Waals surface area contributed by atoms with Gasteiger partial charge in [-0.2, -0.15) is 0 Å². The van der Waals surface area contributed by atoms with E-state index in [1.54, 1.807) is 10.8 Å². The van der Waals surface area contributed by atoms with Crippen molar-refractivity contribution >= 4 is 22.5 Å². The van der Waals surface area contributed by atoms with Crippen molar-refractivity contribution in [3.8, 4) is 11.3 Å². The second-order valence-electron chi connectivity index (χ2n) is 7.92. The number of fused-ring (bicyclic) bond motifs is 2. The lowest BCUT2D eigenvalue weighted by Gasteiger charge is -2.12. The maximum absolute atomic E-state index is 13.8. The van der Waals surface area contributed by atoms with Crippen molar-refractivity contribution in [3.63, 3.8) is 0 Å². The number of hydrogen-bond donors (Lipinski definition) is 2. The van der Waals surface area contributed by atoms with E-state index in [1.165, 1.54) is 6.07 Å². The minimum Gasteiger partial charge on any atom is -0.365 e. The predicted molar refractivity (Wildman–Crippen MR) is 121 cm³/mol. The van der Waals surface area contributed by atoms with Gasteiger partial charge in [-0.1, -0.05) is 26.0 Å². The number of nitrogens with one attached hydrogen (secondary N) is 2. The first-order valence-electron chi connectivity index (χ1n) is 10.4. The molecule has 0 aliphatic rings. The van der Waals surface area contributed by atoms with E-state index >= 15 is 0 Å². The van der Waals surface area contributed by atoms with E-state index in [1.807, 2.05) is 41.1 Å². The van der Waals surface area contributed by atoms with E-state index in [-0.39, 0.29) is 11.6 Å². The van der Waals surface area contributed by atoms with Crippen molar-refractivity contribution in [3.05, 3.63) is 77.1 Å². The highest BCUT2D eigenvalue weighted by atomic mass is 19.1. The molecule has 162 valence electrons. The molecule has 0 unspecified atom stereocenters. The van der Waals surface area contributed by atoms with Crippen LogP contribution in [0.5, 0.6) is 0 Å². The Bertz CT molecular complexity index is 1480. The molecule has 2 N–H and O–H groups in total. The zero-order chi connectivity index (χ0) is 22.2. The number of anilines is 1. The summed E-state index contributed by atoms with van der Waals surface area (Å²) in [6, 6.07) is 8.98. The number of pyridine rings is 1. The van der Waals surface area contributed by atoms with Crippen LogP contribution in [0, 0.1) is 5.82 Å². The van der Waals surface area contributed by atoms with E-state index < -0.39 is 5.82 Å². The first-order valence-corrected chi connectivity index (χ1v) is 10.4. The normalized spacial score (nSPS) is 11.6. The number of aromatic amines is 1. The fourth-order valence-corrected chi connectivity index (χ4v) is 3.86.